The molecule has 2 aromatic rings. The number of oxime groups is 1. The number of hydrogen-bond donors (Lipinski definition) is 3. The lowest BCUT2D eigenvalue weighted by Gasteiger charge is -2.13. The number of ether oxygens (including phenoxy) is 1. The van der Waals surface area contributed by atoms with E-state index in [1.807, 2.05) is 18.2 Å². The molecule has 0 heterocycles. The Balaban J connectivity index is 2.23. The normalized spacial score (nSPS) is 11.2. The first-order valence-electron chi connectivity index (χ1n) is 6.29. The second kappa shape index (κ2) is 6.85. The highest BCUT2D eigenvalue weighted by molar-refractivity contribution is 6.30. The Hall–Kier alpha value is -2.40. The molecule has 0 amide bonds. The molecule has 0 bridgehead atoms. The topological polar surface area (TPSA) is 79.9 Å². The largest absolute Gasteiger partial charge is 0.495 e. The summed E-state index contributed by atoms with van der Waals surface area (Å²) in [5.41, 5.74) is 8.02. The molecule has 0 aliphatic heterocycles. The lowest BCUT2D eigenvalue weighted by atomic mass is 10.1. The van der Waals surface area contributed by atoms with E-state index in [0.717, 1.165) is 11.3 Å². The van der Waals surface area contributed by atoms with Gasteiger partial charge in [0.25, 0.3) is 0 Å². The van der Waals surface area contributed by atoms with E-state index in [-0.39, 0.29) is 5.84 Å². The molecule has 0 unspecified atom stereocenters. The minimum atomic E-state index is 0.0745. The highest BCUT2D eigenvalue weighted by Gasteiger charge is 2.08. The molecule has 2 aromatic carbocycles. The molecule has 0 atom stereocenters. The van der Waals surface area contributed by atoms with E-state index in [4.69, 9.17) is 27.3 Å². The average molecular weight is 306 g/mol. The van der Waals surface area contributed by atoms with E-state index in [0.29, 0.717) is 22.9 Å². The van der Waals surface area contributed by atoms with Gasteiger partial charge >= 0.3 is 0 Å². The van der Waals surface area contributed by atoms with E-state index >= 15 is 0 Å². The molecule has 21 heavy (non-hydrogen) atoms. The van der Waals surface area contributed by atoms with Gasteiger partial charge in [-0.2, -0.15) is 0 Å². The molecule has 0 aromatic heterocycles. The van der Waals surface area contributed by atoms with Gasteiger partial charge in [0, 0.05) is 17.1 Å². The molecule has 4 N–H and O–H groups in total. The van der Waals surface area contributed by atoms with Gasteiger partial charge < -0.3 is 21.0 Å². The van der Waals surface area contributed by atoms with Gasteiger partial charge in [0.05, 0.1) is 12.8 Å². The van der Waals surface area contributed by atoms with Crippen molar-refractivity contribution in [3.63, 3.8) is 0 Å². The summed E-state index contributed by atoms with van der Waals surface area (Å²) in [6.45, 7) is 0.489. The second-order valence-corrected chi connectivity index (χ2v) is 4.78. The predicted molar refractivity (Wildman–Crippen MR) is 84.3 cm³/mol. The summed E-state index contributed by atoms with van der Waals surface area (Å²) in [4.78, 5) is 0. The van der Waals surface area contributed by atoms with E-state index < -0.39 is 0 Å². The molecular formula is C15H16ClN3O2. The maximum Gasteiger partial charge on any atom is 0.170 e. The molecule has 0 fully saturated rings. The van der Waals surface area contributed by atoms with Crippen LogP contribution < -0.4 is 15.8 Å². The van der Waals surface area contributed by atoms with Gasteiger partial charge in [0.1, 0.15) is 5.75 Å². The van der Waals surface area contributed by atoms with Crippen molar-refractivity contribution in [2.45, 2.75) is 6.54 Å². The van der Waals surface area contributed by atoms with Crippen molar-refractivity contribution in [2.24, 2.45) is 10.9 Å². The predicted octanol–water partition coefficient (Wildman–Crippen LogP) is 3.06. The lowest BCUT2D eigenvalue weighted by molar-refractivity contribution is 0.318. The van der Waals surface area contributed by atoms with Crippen molar-refractivity contribution < 1.29 is 9.94 Å². The minimum Gasteiger partial charge on any atom is -0.495 e. The Morgan fingerprint density at radius 2 is 2.10 bits per heavy atom. The van der Waals surface area contributed by atoms with Crippen molar-refractivity contribution in [1.29, 1.82) is 0 Å². The Bertz CT molecular complexity index is 659. The summed E-state index contributed by atoms with van der Waals surface area (Å²) in [6, 6.07) is 12.7. The first kappa shape index (κ1) is 15.0. The molecule has 0 saturated carbocycles. The highest BCUT2D eigenvalue weighted by atomic mass is 35.5. The van der Waals surface area contributed by atoms with Crippen LogP contribution in [0.1, 0.15) is 11.1 Å². The zero-order valence-electron chi connectivity index (χ0n) is 11.5. The van der Waals surface area contributed by atoms with Crippen molar-refractivity contribution in [2.75, 3.05) is 12.4 Å². The maximum absolute atomic E-state index is 8.82. The Labute approximate surface area is 128 Å². The van der Waals surface area contributed by atoms with Crippen molar-refractivity contribution >= 4 is 23.1 Å². The molecule has 0 spiro atoms. The number of rotatable bonds is 5. The first-order chi connectivity index (χ1) is 10.2. The zero-order valence-corrected chi connectivity index (χ0v) is 12.3. The Morgan fingerprint density at radius 3 is 2.81 bits per heavy atom. The van der Waals surface area contributed by atoms with Gasteiger partial charge in [0.15, 0.2) is 5.84 Å². The monoisotopic (exact) mass is 305 g/mol. The third kappa shape index (κ3) is 3.58. The third-order valence-corrected chi connectivity index (χ3v) is 3.27. The number of amidine groups is 1. The summed E-state index contributed by atoms with van der Waals surface area (Å²) in [5, 5.41) is 15.7. The molecule has 0 aliphatic carbocycles. The number of methoxy groups -OCH3 is 1. The van der Waals surface area contributed by atoms with Crippen LogP contribution in [0.5, 0.6) is 5.75 Å². The summed E-state index contributed by atoms with van der Waals surface area (Å²) < 4.78 is 5.28. The van der Waals surface area contributed by atoms with Crippen LogP contribution in [0.4, 0.5) is 5.69 Å². The first-order valence-corrected chi connectivity index (χ1v) is 6.66. The summed E-state index contributed by atoms with van der Waals surface area (Å²) in [5.74, 6) is 0.770. The van der Waals surface area contributed by atoms with E-state index in [9.17, 15) is 0 Å². The van der Waals surface area contributed by atoms with Crippen LogP contribution in [-0.2, 0) is 6.54 Å². The lowest BCUT2D eigenvalue weighted by Crippen LogP contribution is -2.16. The van der Waals surface area contributed by atoms with Crippen LogP contribution in [0.15, 0.2) is 47.6 Å². The maximum atomic E-state index is 8.82. The molecule has 0 aliphatic rings. The van der Waals surface area contributed by atoms with Crippen molar-refractivity contribution in [3.8, 4) is 5.75 Å². The number of nitrogens with one attached hydrogen (secondary N) is 1. The smallest absolute Gasteiger partial charge is 0.170 e. The van der Waals surface area contributed by atoms with Gasteiger partial charge in [-0.25, -0.2) is 0 Å². The fraction of sp³-hybridized carbons (Fsp3) is 0.133. The minimum absolute atomic E-state index is 0.0745. The summed E-state index contributed by atoms with van der Waals surface area (Å²) >= 11 is 5.99. The third-order valence-electron chi connectivity index (χ3n) is 3.03. The Morgan fingerprint density at radius 1 is 1.33 bits per heavy atom. The number of hydrogen-bond acceptors (Lipinski definition) is 4. The van der Waals surface area contributed by atoms with E-state index in [1.54, 1.807) is 31.4 Å². The van der Waals surface area contributed by atoms with Crippen molar-refractivity contribution in [3.05, 3.63) is 58.6 Å². The Kier molecular flexibility index (Phi) is 4.90. The summed E-state index contributed by atoms with van der Waals surface area (Å²) in [7, 11) is 1.60. The summed E-state index contributed by atoms with van der Waals surface area (Å²) in [6.07, 6.45) is 0. The van der Waals surface area contributed by atoms with Crippen LogP contribution in [0.2, 0.25) is 5.02 Å². The average Bonchev–Trinajstić information content (AvgIpc) is 2.52. The number of anilines is 1. The number of halogens is 1. The molecule has 110 valence electrons. The molecule has 5 nitrogen and oxygen atoms in total. The fourth-order valence-electron chi connectivity index (χ4n) is 1.99. The number of nitrogens with zero attached hydrogens (tertiary/aromatic N) is 1. The van der Waals surface area contributed by atoms with Gasteiger partial charge in [0.2, 0.25) is 0 Å². The molecule has 0 saturated heterocycles. The highest BCUT2D eigenvalue weighted by Crippen LogP contribution is 2.28. The molecule has 2 rings (SSSR count). The van der Waals surface area contributed by atoms with Gasteiger partial charge in [-0.15, -0.1) is 0 Å². The quantitative estimate of drug-likeness (QED) is 0.343. The molecule has 0 radical (unpaired) electrons. The second-order valence-electron chi connectivity index (χ2n) is 4.34. The van der Waals surface area contributed by atoms with Crippen LogP contribution in [0.25, 0.3) is 0 Å². The van der Waals surface area contributed by atoms with Crippen LogP contribution in [0, 0.1) is 0 Å². The van der Waals surface area contributed by atoms with E-state index in [2.05, 4.69) is 10.5 Å². The molecule has 6 heteroatoms. The SMILES string of the molecule is COc1ccc(Cl)cc1NCc1ccccc1C(N)=NO. The van der Waals surface area contributed by atoms with E-state index in [1.165, 1.54) is 0 Å². The molecular weight excluding hydrogens is 290 g/mol. The van der Waals surface area contributed by atoms with Crippen LogP contribution in [-0.4, -0.2) is 18.2 Å². The zero-order chi connectivity index (χ0) is 15.2. The van der Waals surface area contributed by atoms with Gasteiger partial charge in [-0.05, 0) is 23.8 Å². The number of nitrogens with two attached hydrogens (primary N) is 1. The van der Waals surface area contributed by atoms with Crippen LogP contribution in [0.3, 0.4) is 0 Å². The van der Waals surface area contributed by atoms with Gasteiger partial charge in [-0.3, -0.25) is 0 Å². The fourth-order valence-corrected chi connectivity index (χ4v) is 2.16. The standard InChI is InChI=1S/C15H16ClN3O2/c1-21-14-7-6-11(16)8-13(14)18-9-10-4-2-3-5-12(10)15(17)19-20/h2-8,18,20H,9H2,1H3,(H2,17,19). The van der Waals surface area contributed by atoms with Gasteiger partial charge in [-0.1, -0.05) is 41.0 Å². The van der Waals surface area contributed by atoms with Crippen LogP contribution >= 0.6 is 11.6 Å². The van der Waals surface area contributed by atoms with Crippen molar-refractivity contribution in [1.82, 2.24) is 0 Å². The number of benzene rings is 2.